The Balaban J connectivity index is 0.00000149. The van der Waals surface area contributed by atoms with Crippen molar-refractivity contribution in [3.8, 4) is 0 Å². The van der Waals surface area contributed by atoms with Crippen LogP contribution in [0.15, 0.2) is 55.2 Å². The molecule has 0 amide bonds. The first-order valence-corrected chi connectivity index (χ1v) is 12.2. The standard InChI is InChI=1S/C23H25FN4O2S.C2H6/c1-15-3-2-4-16(7-15)11-28-6-5-18(12-28)22(29)19-10-25-14-26-23(19)27-21-9-17(13-31-30)8-20(21)24;1-2/h2-7,10,12,14,17,20-21,30H,8-9,11,13H2,1H3,(H,25,26,27);1-2H3. The predicted octanol–water partition coefficient (Wildman–Crippen LogP) is 5.63. The van der Waals surface area contributed by atoms with Gasteiger partial charge in [-0.1, -0.05) is 43.7 Å². The third kappa shape index (κ3) is 6.42. The average Bonchev–Trinajstić information content (AvgIpc) is 3.42. The molecule has 3 unspecified atom stereocenters. The van der Waals surface area contributed by atoms with Gasteiger partial charge in [0.15, 0.2) is 5.78 Å². The van der Waals surface area contributed by atoms with Crippen molar-refractivity contribution in [1.82, 2.24) is 14.5 Å². The molecule has 176 valence electrons. The fourth-order valence-corrected chi connectivity index (χ4v) is 4.60. The quantitative estimate of drug-likeness (QED) is 0.328. The number of aryl methyl sites for hydroxylation is 1. The Morgan fingerprint density at radius 3 is 2.88 bits per heavy atom. The van der Waals surface area contributed by atoms with Gasteiger partial charge in [0.25, 0.3) is 0 Å². The highest BCUT2D eigenvalue weighted by molar-refractivity contribution is 7.93. The van der Waals surface area contributed by atoms with E-state index in [-0.39, 0.29) is 11.7 Å². The minimum absolute atomic E-state index is 0.0964. The molecule has 1 fully saturated rings. The second-order valence-electron chi connectivity index (χ2n) is 8.08. The summed E-state index contributed by atoms with van der Waals surface area (Å²) in [6.07, 6.45) is 6.43. The molecule has 2 N–H and O–H groups in total. The normalized spacial score (nSPS) is 19.6. The molecule has 0 radical (unpaired) electrons. The monoisotopic (exact) mass is 470 g/mol. The summed E-state index contributed by atoms with van der Waals surface area (Å²) in [4.78, 5) is 21.4. The molecule has 2 aromatic heterocycles. The molecule has 3 atom stereocenters. The maximum absolute atomic E-state index is 14.5. The zero-order valence-corrected chi connectivity index (χ0v) is 20.1. The number of hydrogen-bond donors (Lipinski definition) is 2. The van der Waals surface area contributed by atoms with Gasteiger partial charge in [-0.3, -0.25) is 4.79 Å². The van der Waals surface area contributed by atoms with Crippen LogP contribution < -0.4 is 5.32 Å². The van der Waals surface area contributed by atoms with Gasteiger partial charge in [-0.15, -0.1) is 0 Å². The maximum Gasteiger partial charge on any atom is 0.199 e. The van der Waals surface area contributed by atoms with Crippen molar-refractivity contribution in [2.24, 2.45) is 5.92 Å². The van der Waals surface area contributed by atoms with Crippen LogP contribution in [0, 0.1) is 12.8 Å². The molecule has 1 aromatic carbocycles. The Hall–Kier alpha value is -2.71. The van der Waals surface area contributed by atoms with Gasteiger partial charge in [0.2, 0.25) is 0 Å². The molecule has 3 aromatic rings. The number of carbonyl (C=O) groups excluding carboxylic acids is 1. The van der Waals surface area contributed by atoms with Crippen molar-refractivity contribution in [3.63, 3.8) is 0 Å². The molecule has 6 nitrogen and oxygen atoms in total. The first-order valence-electron chi connectivity index (χ1n) is 11.3. The first kappa shape index (κ1) is 24.9. The number of nitrogens with one attached hydrogen (secondary N) is 1. The Kier molecular flexibility index (Phi) is 9.03. The van der Waals surface area contributed by atoms with Crippen LogP contribution in [0.5, 0.6) is 0 Å². The minimum Gasteiger partial charge on any atom is -0.364 e. The lowest BCUT2D eigenvalue weighted by molar-refractivity contribution is 0.103. The SMILES string of the molecule is CC.Cc1cccc(Cn2ccc(C(=O)c3cncnc3NC3CC(CSO)CC3F)c2)c1. The van der Waals surface area contributed by atoms with E-state index in [0.29, 0.717) is 42.1 Å². The third-order valence-corrected chi connectivity index (χ3v) is 6.25. The van der Waals surface area contributed by atoms with Gasteiger partial charge in [-0.05, 0) is 49.4 Å². The van der Waals surface area contributed by atoms with Gasteiger partial charge in [-0.2, -0.15) is 0 Å². The molecule has 33 heavy (non-hydrogen) atoms. The predicted molar refractivity (Wildman–Crippen MR) is 132 cm³/mol. The number of hydrogen-bond acceptors (Lipinski definition) is 6. The molecule has 8 heteroatoms. The maximum atomic E-state index is 14.5. The summed E-state index contributed by atoms with van der Waals surface area (Å²) in [6, 6.07) is 9.58. The molecule has 1 aliphatic carbocycles. The Morgan fingerprint density at radius 1 is 1.30 bits per heavy atom. The van der Waals surface area contributed by atoms with E-state index >= 15 is 0 Å². The van der Waals surface area contributed by atoms with Crippen molar-refractivity contribution < 1.29 is 13.7 Å². The van der Waals surface area contributed by atoms with Crippen molar-refractivity contribution in [1.29, 1.82) is 0 Å². The van der Waals surface area contributed by atoms with Crippen LogP contribution in [-0.4, -0.2) is 42.8 Å². The fraction of sp³-hybridized carbons (Fsp3) is 0.400. The highest BCUT2D eigenvalue weighted by atomic mass is 32.2. The van der Waals surface area contributed by atoms with E-state index < -0.39 is 12.2 Å². The Bertz CT molecular complexity index is 1060. The van der Waals surface area contributed by atoms with E-state index in [9.17, 15) is 9.18 Å². The zero-order valence-electron chi connectivity index (χ0n) is 19.2. The van der Waals surface area contributed by atoms with Crippen molar-refractivity contribution in [2.75, 3.05) is 11.1 Å². The number of halogens is 1. The van der Waals surface area contributed by atoms with E-state index in [1.54, 1.807) is 6.07 Å². The smallest absolute Gasteiger partial charge is 0.199 e. The molecular formula is C25H31FN4O2S. The second-order valence-corrected chi connectivity index (χ2v) is 8.67. The summed E-state index contributed by atoms with van der Waals surface area (Å²) < 4.78 is 25.5. The van der Waals surface area contributed by atoms with Crippen LogP contribution in [0.1, 0.15) is 53.7 Å². The van der Waals surface area contributed by atoms with Crippen LogP contribution in [0.4, 0.5) is 10.2 Å². The summed E-state index contributed by atoms with van der Waals surface area (Å²) in [7, 11) is 0. The highest BCUT2D eigenvalue weighted by Gasteiger charge is 2.35. The van der Waals surface area contributed by atoms with Gasteiger partial charge >= 0.3 is 0 Å². The topological polar surface area (TPSA) is 80.0 Å². The van der Waals surface area contributed by atoms with Crippen LogP contribution in [0.3, 0.4) is 0 Å². The van der Waals surface area contributed by atoms with Crippen LogP contribution in [0.25, 0.3) is 0 Å². The molecule has 2 heterocycles. The number of nitrogens with zero attached hydrogens (tertiary/aromatic N) is 3. The van der Waals surface area contributed by atoms with E-state index in [0.717, 1.165) is 17.6 Å². The summed E-state index contributed by atoms with van der Waals surface area (Å²) in [6.45, 7) is 6.72. The summed E-state index contributed by atoms with van der Waals surface area (Å²) in [5.41, 5.74) is 3.20. The number of benzene rings is 1. The number of rotatable bonds is 8. The second kappa shape index (κ2) is 12.0. The largest absolute Gasteiger partial charge is 0.364 e. The van der Waals surface area contributed by atoms with Crippen molar-refractivity contribution in [2.45, 2.75) is 52.4 Å². The molecule has 0 saturated heterocycles. The molecule has 1 saturated carbocycles. The average molecular weight is 471 g/mol. The Labute approximate surface area is 198 Å². The molecule has 0 bridgehead atoms. The van der Waals surface area contributed by atoms with Crippen molar-refractivity contribution in [3.05, 3.63) is 77.5 Å². The van der Waals surface area contributed by atoms with Crippen molar-refractivity contribution >= 4 is 23.6 Å². The van der Waals surface area contributed by atoms with E-state index in [1.165, 1.54) is 18.1 Å². The summed E-state index contributed by atoms with van der Waals surface area (Å²) in [5, 5.41) is 3.11. The number of aromatic nitrogens is 3. The van der Waals surface area contributed by atoms with Crippen LogP contribution in [0.2, 0.25) is 0 Å². The lowest BCUT2D eigenvalue weighted by Gasteiger charge is -2.17. The molecule has 1 aliphatic rings. The number of ketones is 1. The van der Waals surface area contributed by atoms with Gasteiger partial charge in [0, 0.05) is 36.5 Å². The van der Waals surface area contributed by atoms with E-state index in [1.807, 2.05) is 36.9 Å². The molecule has 0 spiro atoms. The zero-order chi connectivity index (χ0) is 23.8. The van der Waals surface area contributed by atoms with Gasteiger partial charge in [0.05, 0.1) is 11.6 Å². The molecule has 0 aliphatic heterocycles. The number of anilines is 1. The van der Waals surface area contributed by atoms with Crippen LogP contribution in [-0.2, 0) is 6.54 Å². The first-order chi connectivity index (χ1) is 16.0. The summed E-state index contributed by atoms with van der Waals surface area (Å²) >= 11 is 0.742. The lowest BCUT2D eigenvalue weighted by Crippen LogP contribution is -2.27. The number of carbonyl (C=O) groups is 1. The lowest BCUT2D eigenvalue weighted by atomic mass is 10.1. The van der Waals surface area contributed by atoms with Gasteiger partial charge in [0.1, 0.15) is 18.3 Å². The van der Waals surface area contributed by atoms with Crippen LogP contribution >= 0.6 is 12.0 Å². The van der Waals surface area contributed by atoms with Gasteiger partial charge in [-0.25, -0.2) is 14.4 Å². The Morgan fingerprint density at radius 2 is 2.12 bits per heavy atom. The highest BCUT2D eigenvalue weighted by Crippen LogP contribution is 2.33. The third-order valence-electron chi connectivity index (χ3n) is 5.63. The number of alkyl halides is 1. The van der Waals surface area contributed by atoms with E-state index in [2.05, 4.69) is 40.4 Å². The minimum atomic E-state index is -1.05. The molecular weight excluding hydrogens is 439 g/mol. The fourth-order valence-electron chi connectivity index (χ4n) is 4.11. The van der Waals surface area contributed by atoms with E-state index in [4.69, 9.17) is 4.55 Å². The van der Waals surface area contributed by atoms with Gasteiger partial charge < -0.3 is 14.4 Å². The molecule has 4 rings (SSSR count). The summed E-state index contributed by atoms with van der Waals surface area (Å²) in [5.74, 6) is 0.736.